The van der Waals surface area contributed by atoms with Crippen molar-refractivity contribution in [2.45, 2.75) is 141 Å². The summed E-state index contributed by atoms with van der Waals surface area (Å²) in [5.41, 5.74) is 22.0. The van der Waals surface area contributed by atoms with E-state index in [-0.39, 0.29) is 85.1 Å². The Hall–Kier alpha value is -0.915. The molecule has 0 spiro atoms. The molecule has 0 heterocycles. The van der Waals surface area contributed by atoms with Gasteiger partial charge in [0.25, 0.3) is 18.9 Å². The first-order valence-electron chi connectivity index (χ1n) is 15.4. The molecule has 58 heavy (non-hydrogen) atoms. The molecule has 0 aliphatic carbocycles. The molecule has 0 saturated heterocycles. The number of aliphatic hydroxyl groups excluding tert-OH is 3. The monoisotopic (exact) mass is 1120 g/mol. The fourth-order valence-electron chi connectivity index (χ4n) is 4.22. The maximum atomic E-state index is 10.7. The van der Waals surface area contributed by atoms with Crippen LogP contribution in [0.15, 0.2) is 0 Å². The SMILES string of the molecule is Cc1c(C)c(C)[c-](C)c1C.Cc1c(C)c(C)[c-](C)c1C.Cc1c(C)c(C)[c-](C)c1C.O.O.O.O.OC(O)C(F)(F)F.OC(O)C(F)(F)F.OC(O)C(F)(F)F.[Mo].[Mo].[Mo]. The summed E-state index contributed by atoms with van der Waals surface area (Å²) in [5.74, 6) is 0. The fraction of sp³-hybridized carbons (Fsp3) is 0.583. The molecule has 350 valence electrons. The van der Waals surface area contributed by atoms with E-state index < -0.39 is 37.4 Å². The van der Waals surface area contributed by atoms with Crippen molar-refractivity contribution in [3.05, 3.63) is 83.5 Å². The zero-order valence-electron chi connectivity index (χ0n) is 35.0. The van der Waals surface area contributed by atoms with Crippen molar-refractivity contribution in [2.75, 3.05) is 0 Å². The molecule has 22 heteroatoms. The van der Waals surface area contributed by atoms with Gasteiger partial charge in [-0.05, 0) is 0 Å². The van der Waals surface area contributed by atoms with E-state index in [4.69, 9.17) is 30.6 Å². The second-order valence-corrected chi connectivity index (χ2v) is 12.1. The Labute approximate surface area is 378 Å². The predicted octanol–water partition coefficient (Wildman–Crippen LogP) is 5.11. The molecule has 0 fully saturated rings. The van der Waals surface area contributed by atoms with E-state index >= 15 is 0 Å². The van der Waals surface area contributed by atoms with Crippen LogP contribution in [0.1, 0.15) is 83.5 Å². The summed E-state index contributed by atoms with van der Waals surface area (Å²) in [6.45, 7) is 33.0. The Bertz CT molecular complexity index is 1090. The summed E-state index contributed by atoms with van der Waals surface area (Å²) in [4.78, 5) is 0. The Balaban J connectivity index is -0.0000000587. The van der Waals surface area contributed by atoms with Gasteiger partial charge >= 0.3 is 18.5 Å². The molecular formula is C36H62F9Mo3O10-3. The second-order valence-electron chi connectivity index (χ2n) is 12.1. The van der Waals surface area contributed by atoms with Crippen molar-refractivity contribution in [2.24, 2.45) is 0 Å². The van der Waals surface area contributed by atoms with Gasteiger partial charge in [0.05, 0.1) is 0 Å². The van der Waals surface area contributed by atoms with Crippen molar-refractivity contribution < 1.29 is 155 Å². The van der Waals surface area contributed by atoms with Gasteiger partial charge in [-0.25, -0.2) is 0 Å². The average Bonchev–Trinajstić information content (AvgIpc) is 3.36. The third kappa shape index (κ3) is 27.1. The molecule has 0 atom stereocenters. The van der Waals surface area contributed by atoms with Gasteiger partial charge in [-0.15, -0.1) is 0 Å². The van der Waals surface area contributed by atoms with Crippen molar-refractivity contribution in [3.8, 4) is 0 Å². The molecule has 0 saturated carbocycles. The van der Waals surface area contributed by atoms with Gasteiger partial charge in [0, 0.05) is 63.2 Å². The van der Waals surface area contributed by atoms with E-state index in [9.17, 15) is 39.5 Å². The van der Waals surface area contributed by atoms with E-state index in [0.717, 1.165) is 0 Å². The van der Waals surface area contributed by atoms with Crippen LogP contribution in [0.25, 0.3) is 0 Å². The molecule has 3 aromatic rings. The summed E-state index contributed by atoms with van der Waals surface area (Å²) in [6.07, 6.45) is -24.3. The van der Waals surface area contributed by atoms with Crippen LogP contribution in [-0.2, 0) is 63.2 Å². The van der Waals surface area contributed by atoms with Crippen LogP contribution in [0.5, 0.6) is 0 Å². The Morgan fingerprint density at radius 2 is 0.379 bits per heavy atom. The van der Waals surface area contributed by atoms with Gasteiger partial charge in [-0.1, -0.05) is 104 Å². The predicted molar refractivity (Wildman–Crippen MR) is 194 cm³/mol. The molecule has 0 unspecified atom stereocenters. The number of halogens is 9. The summed E-state index contributed by atoms with van der Waals surface area (Å²) < 4.78 is 96.1. The maximum Gasteiger partial charge on any atom is 0.439 e. The molecule has 0 aromatic heterocycles. The zero-order valence-corrected chi connectivity index (χ0v) is 41.1. The topological polar surface area (TPSA) is 247 Å². The van der Waals surface area contributed by atoms with Crippen LogP contribution in [0.4, 0.5) is 39.5 Å². The third-order valence-electron chi connectivity index (χ3n) is 9.32. The van der Waals surface area contributed by atoms with E-state index in [1.165, 1.54) is 83.5 Å². The van der Waals surface area contributed by atoms with Crippen LogP contribution >= 0.6 is 0 Å². The van der Waals surface area contributed by atoms with Crippen molar-refractivity contribution in [1.82, 2.24) is 0 Å². The molecule has 0 aliphatic heterocycles. The molecule has 0 amide bonds. The second kappa shape index (κ2) is 33.7. The van der Waals surface area contributed by atoms with Gasteiger partial charge in [0.15, 0.2) is 0 Å². The number of rotatable bonds is 0. The number of hydrogen-bond acceptors (Lipinski definition) is 6. The largest absolute Gasteiger partial charge is 0.439 e. The minimum atomic E-state index is -4.89. The molecule has 14 N–H and O–H groups in total. The number of alkyl halides is 9. The third-order valence-corrected chi connectivity index (χ3v) is 9.32. The fourth-order valence-corrected chi connectivity index (χ4v) is 4.22. The first kappa shape index (κ1) is 81.0. The smallest absolute Gasteiger partial charge is 0.412 e. The van der Waals surface area contributed by atoms with Crippen molar-refractivity contribution >= 4 is 0 Å². The maximum absolute atomic E-state index is 10.7. The van der Waals surface area contributed by atoms with Gasteiger partial charge in [0.2, 0.25) is 0 Å². The van der Waals surface area contributed by atoms with Crippen LogP contribution in [0, 0.1) is 104 Å². The van der Waals surface area contributed by atoms with Crippen LogP contribution < -0.4 is 0 Å². The molecule has 0 bridgehead atoms. The van der Waals surface area contributed by atoms with E-state index in [2.05, 4.69) is 104 Å². The molecular weight excluding hydrogens is 1050 g/mol. The van der Waals surface area contributed by atoms with E-state index in [1.54, 1.807) is 0 Å². The Kier molecular flexibility index (Phi) is 47.0. The standard InChI is InChI=1S/3C10H15.3C2H3F3O2.3Mo.4H2O/c3*1-6-7(2)9(4)10(5)8(6)3;3*3-2(4,5)1(6)7;;;;;;;/h3*1-5H3;3*1,6-7H;;;;4*1H2/q3*-1;;;;;;;;;;. The molecule has 3 rings (SSSR count). The molecule has 0 aliphatic rings. The first-order valence-corrected chi connectivity index (χ1v) is 15.4. The molecule has 3 aromatic carbocycles. The summed E-state index contributed by atoms with van der Waals surface area (Å²) in [7, 11) is 0. The first-order chi connectivity index (χ1) is 22.5. The average molecular weight is 1110 g/mol. The summed E-state index contributed by atoms with van der Waals surface area (Å²) in [6, 6.07) is 0. The quantitative estimate of drug-likeness (QED) is 0.0772. The Morgan fingerprint density at radius 3 is 0.397 bits per heavy atom. The Morgan fingerprint density at radius 1 is 0.310 bits per heavy atom. The minimum absolute atomic E-state index is 0. The van der Waals surface area contributed by atoms with E-state index in [0.29, 0.717) is 0 Å². The number of hydrogen-bond donors (Lipinski definition) is 6. The van der Waals surface area contributed by atoms with E-state index in [1.807, 2.05) is 0 Å². The molecule has 0 radical (unpaired) electrons. The van der Waals surface area contributed by atoms with Crippen molar-refractivity contribution in [1.29, 1.82) is 0 Å². The summed E-state index contributed by atoms with van der Waals surface area (Å²) >= 11 is 0. The normalized spacial score (nSPS) is 10.1. The van der Waals surface area contributed by atoms with Gasteiger partial charge in [-0.3, -0.25) is 0 Å². The van der Waals surface area contributed by atoms with Gasteiger partial charge in [-0.2, -0.15) is 123 Å². The minimum Gasteiger partial charge on any atom is -0.412 e. The number of aliphatic hydroxyl groups is 6. The van der Waals surface area contributed by atoms with Crippen LogP contribution in [-0.4, -0.2) is 89.9 Å². The molecule has 10 nitrogen and oxygen atoms in total. The zero-order chi connectivity index (χ0) is 41.9. The van der Waals surface area contributed by atoms with Crippen molar-refractivity contribution in [3.63, 3.8) is 0 Å². The summed E-state index contributed by atoms with van der Waals surface area (Å²) in [5, 5.41) is 43.9. The van der Waals surface area contributed by atoms with Crippen LogP contribution in [0.2, 0.25) is 0 Å². The van der Waals surface area contributed by atoms with Crippen LogP contribution in [0.3, 0.4) is 0 Å². The van der Waals surface area contributed by atoms with Gasteiger partial charge < -0.3 is 52.5 Å². The van der Waals surface area contributed by atoms with Gasteiger partial charge in [0.1, 0.15) is 0 Å².